The Labute approximate surface area is 222 Å². The van der Waals surface area contributed by atoms with Crippen molar-refractivity contribution in [3.8, 4) is 5.75 Å². The minimum absolute atomic E-state index is 0.257. The zero-order valence-electron chi connectivity index (χ0n) is 19.8. The van der Waals surface area contributed by atoms with Crippen LogP contribution in [0.3, 0.4) is 0 Å². The number of fused-ring (bicyclic) bond motifs is 1. The van der Waals surface area contributed by atoms with Gasteiger partial charge >= 0.3 is 0 Å². The number of ether oxygens (including phenoxy) is 1. The Bertz CT molecular complexity index is 1470. The largest absolute Gasteiger partial charge is 0.486 e. The van der Waals surface area contributed by atoms with E-state index < -0.39 is 5.41 Å². The van der Waals surface area contributed by atoms with Gasteiger partial charge < -0.3 is 4.74 Å². The van der Waals surface area contributed by atoms with Crippen molar-refractivity contribution in [1.29, 1.82) is 0 Å². The van der Waals surface area contributed by atoms with Gasteiger partial charge in [0.1, 0.15) is 12.4 Å². The Kier molecular flexibility index (Phi) is 7.36. The highest BCUT2D eigenvalue weighted by Gasteiger charge is 2.23. The minimum Gasteiger partial charge on any atom is -0.486 e. The summed E-state index contributed by atoms with van der Waals surface area (Å²) in [5, 5.41) is 5.66. The average Bonchev–Trinajstić information content (AvgIpc) is 2.78. The van der Waals surface area contributed by atoms with Crippen molar-refractivity contribution in [3.63, 3.8) is 0 Å². The van der Waals surface area contributed by atoms with Crippen LogP contribution < -0.4 is 10.3 Å². The van der Waals surface area contributed by atoms with Crippen LogP contribution in [-0.4, -0.2) is 15.9 Å². The van der Waals surface area contributed by atoms with Crippen LogP contribution in [0.25, 0.3) is 10.9 Å². The lowest BCUT2D eigenvalue weighted by molar-refractivity contribution is 0.306. The second kappa shape index (κ2) is 10.1. The summed E-state index contributed by atoms with van der Waals surface area (Å²) in [5.41, 5.74) is 2.77. The predicted octanol–water partition coefficient (Wildman–Crippen LogP) is 7.53. The van der Waals surface area contributed by atoms with E-state index >= 15 is 0 Å². The summed E-state index contributed by atoms with van der Waals surface area (Å²) in [6.45, 7) is 8.33. The van der Waals surface area contributed by atoms with E-state index in [0.717, 1.165) is 10.0 Å². The molecule has 8 heteroatoms. The summed E-state index contributed by atoms with van der Waals surface area (Å²) in [7, 11) is 0. The SMILES string of the molecule is Cc1ccc(COc2c(Cl)cc(C=Nn3c(C(C)(C)C)nc4ccc(Br)cc4c3=O)cc2Cl)cc1. The van der Waals surface area contributed by atoms with Crippen LogP contribution in [0.15, 0.2) is 69.0 Å². The van der Waals surface area contributed by atoms with Crippen LogP contribution >= 0.6 is 39.1 Å². The Hall–Kier alpha value is -2.67. The Balaban J connectivity index is 1.68. The zero-order valence-corrected chi connectivity index (χ0v) is 22.9. The van der Waals surface area contributed by atoms with Crippen molar-refractivity contribution in [3.05, 3.63) is 102 Å². The quantitative estimate of drug-likeness (QED) is 0.232. The lowest BCUT2D eigenvalue weighted by Gasteiger charge is -2.20. The molecule has 0 fully saturated rings. The summed E-state index contributed by atoms with van der Waals surface area (Å²) in [4.78, 5) is 18.0. The lowest BCUT2D eigenvalue weighted by atomic mass is 9.95. The highest BCUT2D eigenvalue weighted by molar-refractivity contribution is 9.10. The maximum Gasteiger partial charge on any atom is 0.282 e. The van der Waals surface area contributed by atoms with Crippen LogP contribution in [0, 0.1) is 6.92 Å². The highest BCUT2D eigenvalue weighted by atomic mass is 79.9. The van der Waals surface area contributed by atoms with Crippen molar-refractivity contribution in [2.24, 2.45) is 5.10 Å². The lowest BCUT2D eigenvalue weighted by Crippen LogP contribution is -2.29. The van der Waals surface area contributed by atoms with Crippen LogP contribution in [0.1, 0.15) is 43.3 Å². The molecule has 0 aliphatic heterocycles. The van der Waals surface area contributed by atoms with Gasteiger partial charge in [-0.2, -0.15) is 9.78 Å². The summed E-state index contributed by atoms with van der Waals surface area (Å²) in [5.74, 6) is 0.944. The second-order valence-corrected chi connectivity index (χ2v) is 11.0. The van der Waals surface area contributed by atoms with Gasteiger partial charge in [0.05, 0.1) is 27.2 Å². The van der Waals surface area contributed by atoms with E-state index in [4.69, 9.17) is 32.9 Å². The zero-order chi connectivity index (χ0) is 25.3. The molecule has 0 N–H and O–H groups in total. The third-order valence-corrected chi connectivity index (χ3v) is 6.38. The number of rotatable bonds is 5. The number of hydrogen-bond acceptors (Lipinski definition) is 4. The molecule has 4 rings (SSSR count). The van der Waals surface area contributed by atoms with Gasteiger partial charge in [0, 0.05) is 9.89 Å². The molecule has 0 aliphatic rings. The number of benzene rings is 3. The molecule has 0 spiro atoms. The fourth-order valence-electron chi connectivity index (χ4n) is 3.50. The highest BCUT2D eigenvalue weighted by Crippen LogP contribution is 2.34. The minimum atomic E-state index is -0.416. The van der Waals surface area contributed by atoms with Gasteiger partial charge in [-0.25, -0.2) is 4.98 Å². The summed E-state index contributed by atoms with van der Waals surface area (Å²) in [6, 6.07) is 16.9. The Morgan fingerprint density at radius 3 is 2.34 bits per heavy atom. The van der Waals surface area contributed by atoms with Crippen LogP contribution in [0.4, 0.5) is 0 Å². The first-order valence-corrected chi connectivity index (χ1v) is 12.5. The van der Waals surface area contributed by atoms with E-state index in [9.17, 15) is 4.79 Å². The van der Waals surface area contributed by atoms with E-state index in [1.165, 1.54) is 10.2 Å². The van der Waals surface area contributed by atoms with Crippen molar-refractivity contribution in [1.82, 2.24) is 9.66 Å². The molecule has 0 saturated carbocycles. The number of hydrogen-bond donors (Lipinski definition) is 0. The van der Waals surface area contributed by atoms with Gasteiger partial charge in [-0.3, -0.25) is 4.79 Å². The molecule has 0 radical (unpaired) electrons. The normalized spacial score (nSPS) is 12.0. The predicted molar refractivity (Wildman–Crippen MR) is 147 cm³/mol. The molecule has 0 unspecified atom stereocenters. The van der Waals surface area contributed by atoms with Crippen molar-refractivity contribution < 1.29 is 4.74 Å². The Morgan fingerprint density at radius 2 is 1.71 bits per heavy atom. The first-order chi connectivity index (χ1) is 16.5. The molecule has 1 heterocycles. The van der Waals surface area contributed by atoms with Crippen LogP contribution in [-0.2, 0) is 12.0 Å². The van der Waals surface area contributed by atoms with Gasteiger partial charge in [-0.1, -0.05) is 89.7 Å². The van der Waals surface area contributed by atoms with Crippen molar-refractivity contribution >= 4 is 56.2 Å². The molecular weight excluding hydrogens is 549 g/mol. The molecule has 3 aromatic carbocycles. The Morgan fingerprint density at radius 1 is 1.06 bits per heavy atom. The molecule has 180 valence electrons. The molecule has 0 saturated heterocycles. The van der Waals surface area contributed by atoms with Gasteiger partial charge in [0.2, 0.25) is 0 Å². The number of halogens is 3. The molecule has 35 heavy (non-hydrogen) atoms. The summed E-state index contributed by atoms with van der Waals surface area (Å²) in [6.07, 6.45) is 1.55. The standard InChI is InChI=1S/C27H24BrCl2N3O2/c1-16-5-7-17(8-6-16)15-35-24-21(29)11-18(12-22(24)30)14-31-33-25(34)20-13-19(28)9-10-23(20)32-26(33)27(2,3)4/h5-14H,15H2,1-4H3. The van der Waals surface area contributed by atoms with E-state index in [1.54, 1.807) is 24.4 Å². The maximum absolute atomic E-state index is 13.3. The van der Waals surface area contributed by atoms with Crippen molar-refractivity contribution in [2.75, 3.05) is 0 Å². The summed E-state index contributed by atoms with van der Waals surface area (Å²) >= 11 is 16.4. The first-order valence-electron chi connectivity index (χ1n) is 11.0. The third kappa shape index (κ3) is 5.77. The maximum atomic E-state index is 13.3. The fourth-order valence-corrected chi connectivity index (χ4v) is 4.47. The topological polar surface area (TPSA) is 56.5 Å². The van der Waals surface area contributed by atoms with Gasteiger partial charge in [-0.15, -0.1) is 0 Å². The smallest absolute Gasteiger partial charge is 0.282 e. The van der Waals surface area contributed by atoms with E-state index in [0.29, 0.717) is 44.7 Å². The molecule has 5 nitrogen and oxygen atoms in total. The van der Waals surface area contributed by atoms with Crippen molar-refractivity contribution in [2.45, 2.75) is 39.7 Å². The fraction of sp³-hybridized carbons (Fsp3) is 0.222. The van der Waals surface area contributed by atoms with Gasteiger partial charge in [0.25, 0.3) is 5.56 Å². The molecule has 0 aliphatic carbocycles. The first kappa shape index (κ1) is 25.4. The van der Waals surface area contributed by atoms with E-state index in [-0.39, 0.29) is 5.56 Å². The van der Waals surface area contributed by atoms with Crippen LogP contribution in [0.2, 0.25) is 10.0 Å². The molecule has 0 amide bonds. The molecule has 4 aromatic rings. The molecular formula is C27H24BrCl2N3O2. The number of aromatic nitrogens is 2. The van der Waals surface area contributed by atoms with E-state index in [1.807, 2.05) is 64.1 Å². The van der Waals surface area contributed by atoms with E-state index in [2.05, 4.69) is 21.0 Å². The summed E-state index contributed by atoms with van der Waals surface area (Å²) < 4.78 is 8.00. The van der Waals surface area contributed by atoms with Gasteiger partial charge in [-0.05, 0) is 48.4 Å². The number of nitrogens with zero attached hydrogens (tertiary/aromatic N) is 3. The third-order valence-electron chi connectivity index (χ3n) is 5.33. The average molecular weight is 573 g/mol. The van der Waals surface area contributed by atoms with Gasteiger partial charge in [0.15, 0.2) is 5.75 Å². The van der Waals surface area contributed by atoms with Crippen LogP contribution in [0.5, 0.6) is 5.75 Å². The molecule has 1 aromatic heterocycles. The second-order valence-electron chi connectivity index (χ2n) is 9.30. The number of aryl methyl sites for hydroxylation is 1. The molecule has 0 bridgehead atoms. The molecule has 0 atom stereocenters. The monoisotopic (exact) mass is 571 g/mol.